The number of hydrogen-bond donors (Lipinski definition) is 1. The maximum Gasteiger partial charge on any atom is 0.0406 e. The molecule has 1 aromatic rings. The summed E-state index contributed by atoms with van der Waals surface area (Å²) in [5.74, 6) is 0.907. The standard InChI is InChI=1S/C18H28ClN3/c19-18-4-2-16(3-5-18)14-21-10-1-11-22(13-12-21)15-17-6-8-20-9-7-17/h2-5,17,20H,1,6-15H2. The molecule has 2 heterocycles. The van der Waals surface area contributed by atoms with Gasteiger partial charge in [0, 0.05) is 31.2 Å². The van der Waals surface area contributed by atoms with Crippen molar-refractivity contribution in [3.63, 3.8) is 0 Å². The molecule has 1 aromatic carbocycles. The average molecular weight is 322 g/mol. The number of benzene rings is 1. The van der Waals surface area contributed by atoms with Gasteiger partial charge in [-0.05, 0) is 69.1 Å². The third kappa shape index (κ3) is 4.95. The van der Waals surface area contributed by atoms with Crippen LogP contribution in [0.25, 0.3) is 0 Å². The fourth-order valence-electron chi connectivity index (χ4n) is 3.64. The van der Waals surface area contributed by atoms with E-state index in [4.69, 9.17) is 11.6 Å². The van der Waals surface area contributed by atoms with E-state index in [0.717, 1.165) is 17.5 Å². The summed E-state index contributed by atoms with van der Waals surface area (Å²) >= 11 is 5.97. The Morgan fingerprint density at radius 2 is 1.64 bits per heavy atom. The van der Waals surface area contributed by atoms with Crippen LogP contribution in [-0.4, -0.2) is 55.6 Å². The number of halogens is 1. The summed E-state index contributed by atoms with van der Waals surface area (Å²) in [4.78, 5) is 5.28. The molecule has 2 fully saturated rings. The predicted octanol–water partition coefficient (Wildman–Crippen LogP) is 2.85. The van der Waals surface area contributed by atoms with E-state index < -0.39 is 0 Å². The van der Waals surface area contributed by atoms with Crippen LogP contribution in [0.2, 0.25) is 5.02 Å². The van der Waals surface area contributed by atoms with Crippen molar-refractivity contribution < 1.29 is 0 Å². The van der Waals surface area contributed by atoms with Crippen LogP contribution < -0.4 is 5.32 Å². The van der Waals surface area contributed by atoms with Crippen LogP contribution >= 0.6 is 11.6 Å². The molecule has 4 heteroatoms. The van der Waals surface area contributed by atoms with Crippen molar-refractivity contribution in [2.45, 2.75) is 25.8 Å². The largest absolute Gasteiger partial charge is 0.317 e. The Labute approximate surface area is 139 Å². The smallest absolute Gasteiger partial charge is 0.0406 e. The highest BCUT2D eigenvalue weighted by Gasteiger charge is 2.20. The highest BCUT2D eigenvalue weighted by atomic mass is 35.5. The molecule has 0 amide bonds. The van der Waals surface area contributed by atoms with Crippen molar-refractivity contribution in [2.24, 2.45) is 5.92 Å². The summed E-state index contributed by atoms with van der Waals surface area (Å²) in [5, 5.41) is 4.29. The second kappa shape index (κ2) is 8.30. The van der Waals surface area contributed by atoms with Crippen LogP contribution in [0.4, 0.5) is 0 Å². The first kappa shape index (κ1) is 16.3. The van der Waals surface area contributed by atoms with Gasteiger partial charge in [0.1, 0.15) is 0 Å². The highest BCUT2D eigenvalue weighted by molar-refractivity contribution is 6.30. The van der Waals surface area contributed by atoms with E-state index in [-0.39, 0.29) is 0 Å². The van der Waals surface area contributed by atoms with Gasteiger partial charge in [0.05, 0.1) is 0 Å². The first-order chi connectivity index (χ1) is 10.8. The molecule has 2 aliphatic heterocycles. The Kier molecular flexibility index (Phi) is 6.13. The van der Waals surface area contributed by atoms with Crippen molar-refractivity contribution in [1.29, 1.82) is 0 Å². The number of nitrogens with zero attached hydrogens (tertiary/aromatic N) is 2. The summed E-state index contributed by atoms with van der Waals surface area (Å²) in [7, 11) is 0. The zero-order valence-electron chi connectivity index (χ0n) is 13.4. The number of hydrogen-bond acceptors (Lipinski definition) is 3. The zero-order valence-corrected chi connectivity index (χ0v) is 14.2. The maximum atomic E-state index is 5.97. The van der Waals surface area contributed by atoms with Gasteiger partial charge >= 0.3 is 0 Å². The molecule has 0 aliphatic carbocycles. The van der Waals surface area contributed by atoms with Gasteiger partial charge in [-0.25, -0.2) is 0 Å². The Bertz CT molecular complexity index is 442. The first-order valence-electron chi connectivity index (χ1n) is 8.69. The van der Waals surface area contributed by atoms with Crippen LogP contribution in [0, 0.1) is 5.92 Å². The lowest BCUT2D eigenvalue weighted by Gasteiger charge is -2.29. The van der Waals surface area contributed by atoms with E-state index in [1.165, 1.54) is 70.6 Å². The van der Waals surface area contributed by atoms with Gasteiger partial charge < -0.3 is 10.2 Å². The Morgan fingerprint density at radius 1 is 0.955 bits per heavy atom. The molecule has 0 spiro atoms. The van der Waals surface area contributed by atoms with Crippen molar-refractivity contribution >= 4 is 11.6 Å². The molecule has 0 aromatic heterocycles. The van der Waals surface area contributed by atoms with Crippen molar-refractivity contribution in [3.8, 4) is 0 Å². The second-order valence-electron chi connectivity index (χ2n) is 6.75. The lowest BCUT2D eigenvalue weighted by Crippen LogP contribution is -2.38. The number of nitrogens with one attached hydrogen (secondary N) is 1. The van der Waals surface area contributed by atoms with Crippen LogP contribution in [0.15, 0.2) is 24.3 Å². The summed E-state index contributed by atoms with van der Waals surface area (Å²) in [6.45, 7) is 9.66. The molecule has 0 radical (unpaired) electrons. The lowest BCUT2D eigenvalue weighted by molar-refractivity contribution is 0.204. The van der Waals surface area contributed by atoms with E-state index in [1.54, 1.807) is 0 Å². The lowest BCUT2D eigenvalue weighted by atomic mass is 9.97. The average Bonchev–Trinajstić information content (AvgIpc) is 2.76. The van der Waals surface area contributed by atoms with Gasteiger partial charge in [-0.1, -0.05) is 23.7 Å². The molecule has 2 aliphatic rings. The van der Waals surface area contributed by atoms with Gasteiger partial charge in [0.25, 0.3) is 0 Å². The van der Waals surface area contributed by atoms with Crippen molar-refractivity contribution in [3.05, 3.63) is 34.9 Å². The van der Waals surface area contributed by atoms with Crippen molar-refractivity contribution in [2.75, 3.05) is 45.8 Å². The number of rotatable bonds is 4. The molecule has 1 N–H and O–H groups in total. The Morgan fingerprint density at radius 3 is 2.41 bits per heavy atom. The van der Waals surface area contributed by atoms with E-state index in [1.807, 2.05) is 12.1 Å². The van der Waals surface area contributed by atoms with Crippen molar-refractivity contribution in [1.82, 2.24) is 15.1 Å². The van der Waals surface area contributed by atoms with Gasteiger partial charge in [-0.2, -0.15) is 0 Å². The minimum absolute atomic E-state index is 0.827. The number of piperidine rings is 1. The van der Waals surface area contributed by atoms with Crippen LogP contribution in [-0.2, 0) is 6.54 Å². The third-order valence-electron chi connectivity index (χ3n) is 4.98. The van der Waals surface area contributed by atoms with Crippen LogP contribution in [0.3, 0.4) is 0 Å². The van der Waals surface area contributed by atoms with E-state index >= 15 is 0 Å². The maximum absolute atomic E-state index is 5.97. The molecule has 2 saturated heterocycles. The molecule has 0 atom stereocenters. The van der Waals surface area contributed by atoms with Gasteiger partial charge in [0.15, 0.2) is 0 Å². The monoisotopic (exact) mass is 321 g/mol. The fourth-order valence-corrected chi connectivity index (χ4v) is 3.77. The van der Waals surface area contributed by atoms with E-state index in [9.17, 15) is 0 Å². The molecule has 3 rings (SSSR count). The topological polar surface area (TPSA) is 18.5 Å². The van der Waals surface area contributed by atoms with E-state index in [0.29, 0.717) is 0 Å². The second-order valence-corrected chi connectivity index (χ2v) is 7.19. The predicted molar refractivity (Wildman–Crippen MR) is 93.4 cm³/mol. The van der Waals surface area contributed by atoms with Gasteiger partial charge in [0.2, 0.25) is 0 Å². The third-order valence-corrected chi connectivity index (χ3v) is 5.23. The first-order valence-corrected chi connectivity index (χ1v) is 9.07. The molecular weight excluding hydrogens is 294 g/mol. The highest BCUT2D eigenvalue weighted by Crippen LogP contribution is 2.16. The molecule has 122 valence electrons. The summed E-state index contributed by atoms with van der Waals surface area (Å²) in [6.07, 6.45) is 3.99. The minimum atomic E-state index is 0.827. The molecule has 0 unspecified atom stereocenters. The van der Waals surface area contributed by atoms with Gasteiger partial charge in [-0.15, -0.1) is 0 Å². The minimum Gasteiger partial charge on any atom is -0.317 e. The SMILES string of the molecule is Clc1ccc(CN2CCCN(CC3CCNCC3)CC2)cc1. The summed E-state index contributed by atoms with van der Waals surface area (Å²) < 4.78 is 0. The molecule has 3 nitrogen and oxygen atoms in total. The Balaban J connectivity index is 1.46. The summed E-state index contributed by atoms with van der Waals surface area (Å²) in [6, 6.07) is 8.30. The summed E-state index contributed by atoms with van der Waals surface area (Å²) in [5.41, 5.74) is 1.37. The fraction of sp³-hybridized carbons (Fsp3) is 0.667. The van der Waals surface area contributed by atoms with Crippen LogP contribution in [0.5, 0.6) is 0 Å². The molecular formula is C18H28ClN3. The van der Waals surface area contributed by atoms with E-state index in [2.05, 4.69) is 27.2 Å². The molecule has 0 saturated carbocycles. The zero-order chi connectivity index (χ0) is 15.2. The van der Waals surface area contributed by atoms with Crippen LogP contribution in [0.1, 0.15) is 24.8 Å². The normalized spacial score (nSPS) is 22.6. The quantitative estimate of drug-likeness (QED) is 0.920. The van der Waals surface area contributed by atoms with Gasteiger partial charge in [-0.3, -0.25) is 4.90 Å². The Hall–Kier alpha value is -0.610. The molecule has 0 bridgehead atoms. The molecule has 22 heavy (non-hydrogen) atoms.